The Labute approximate surface area is 103 Å². The molecule has 0 aliphatic heterocycles. The highest BCUT2D eigenvalue weighted by Gasteiger charge is 2.14. The zero-order valence-corrected chi connectivity index (χ0v) is 11.2. The molecule has 1 fully saturated rings. The van der Waals surface area contributed by atoms with Gasteiger partial charge in [0.15, 0.2) is 0 Å². The number of hydrogen-bond acceptors (Lipinski definition) is 4. The molecule has 0 unspecified atom stereocenters. The van der Waals surface area contributed by atoms with Crippen LogP contribution in [-0.4, -0.2) is 45.5 Å². The molecule has 0 aromatic carbocycles. The number of nitrogens with one attached hydrogen (secondary N) is 2. The van der Waals surface area contributed by atoms with Gasteiger partial charge in [0.2, 0.25) is 5.91 Å². The first-order chi connectivity index (χ1) is 7.97. The van der Waals surface area contributed by atoms with Gasteiger partial charge < -0.3 is 10.6 Å². The van der Waals surface area contributed by atoms with E-state index in [1.165, 1.54) is 19.1 Å². The van der Waals surface area contributed by atoms with Crippen LogP contribution < -0.4 is 10.6 Å². The first-order valence-electron chi connectivity index (χ1n) is 6.15. The minimum absolute atomic E-state index is 0.0506. The number of rotatable bonds is 7. The van der Waals surface area contributed by atoms with Crippen LogP contribution in [0.25, 0.3) is 0 Å². The van der Waals surface area contributed by atoms with E-state index in [4.69, 9.17) is 0 Å². The molecule has 1 aliphatic carbocycles. The van der Waals surface area contributed by atoms with Gasteiger partial charge in [0.05, 0.1) is 12.3 Å². The van der Waals surface area contributed by atoms with Crippen molar-refractivity contribution in [2.75, 3.05) is 25.1 Å². The van der Waals surface area contributed by atoms with Gasteiger partial charge >= 0.3 is 0 Å². The van der Waals surface area contributed by atoms with Gasteiger partial charge in [-0.2, -0.15) is 0 Å². The van der Waals surface area contributed by atoms with Crippen LogP contribution in [0.5, 0.6) is 0 Å². The third kappa shape index (κ3) is 7.33. The summed E-state index contributed by atoms with van der Waals surface area (Å²) in [6.45, 7) is 0.766. The SMILES string of the molecule is CS(=O)(=O)CCCNC(=O)CNC1CCCC1. The summed E-state index contributed by atoms with van der Waals surface area (Å²) < 4.78 is 21.7. The summed E-state index contributed by atoms with van der Waals surface area (Å²) in [5, 5.41) is 5.92. The number of amides is 1. The lowest BCUT2D eigenvalue weighted by atomic mass is 10.2. The van der Waals surface area contributed by atoms with E-state index in [2.05, 4.69) is 10.6 Å². The lowest BCUT2D eigenvalue weighted by Gasteiger charge is -2.11. The molecule has 0 radical (unpaired) electrons. The maximum Gasteiger partial charge on any atom is 0.233 e. The summed E-state index contributed by atoms with van der Waals surface area (Å²) in [6.07, 6.45) is 6.48. The van der Waals surface area contributed by atoms with E-state index in [1.807, 2.05) is 0 Å². The maximum atomic E-state index is 11.4. The second-order valence-corrected chi connectivity index (χ2v) is 6.96. The van der Waals surface area contributed by atoms with Crippen molar-refractivity contribution in [3.05, 3.63) is 0 Å². The molecule has 0 heterocycles. The van der Waals surface area contributed by atoms with Crippen molar-refractivity contribution in [2.24, 2.45) is 0 Å². The molecular formula is C11H22N2O3S. The zero-order valence-electron chi connectivity index (χ0n) is 10.4. The van der Waals surface area contributed by atoms with Crippen LogP contribution in [0.1, 0.15) is 32.1 Å². The number of carbonyl (C=O) groups excluding carboxylic acids is 1. The quantitative estimate of drug-likeness (QED) is 0.637. The Balaban J connectivity index is 2.01. The summed E-state index contributed by atoms with van der Waals surface area (Å²) >= 11 is 0. The van der Waals surface area contributed by atoms with Gasteiger partial charge in [-0.15, -0.1) is 0 Å². The molecule has 5 nitrogen and oxygen atoms in total. The predicted molar refractivity (Wildman–Crippen MR) is 67.6 cm³/mol. The summed E-state index contributed by atoms with van der Waals surface area (Å²) in [7, 11) is -2.91. The third-order valence-corrected chi connectivity index (χ3v) is 3.95. The minimum Gasteiger partial charge on any atom is -0.355 e. The minimum atomic E-state index is -2.91. The highest BCUT2D eigenvalue weighted by Crippen LogP contribution is 2.17. The number of sulfone groups is 1. The van der Waals surface area contributed by atoms with E-state index < -0.39 is 9.84 Å². The largest absolute Gasteiger partial charge is 0.355 e. The Hall–Kier alpha value is -0.620. The Kier molecular flexibility index (Phi) is 5.91. The van der Waals surface area contributed by atoms with Crippen LogP contribution in [0.2, 0.25) is 0 Å². The van der Waals surface area contributed by atoms with Gasteiger partial charge in [-0.1, -0.05) is 12.8 Å². The van der Waals surface area contributed by atoms with Crippen LogP contribution in [0, 0.1) is 0 Å². The van der Waals surface area contributed by atoms with Gasteiger partial charge in [-0.25, -0.2) is 8.42 Å². The van der Waals surface area contributed by atoms with E-state index in [9.17, 15) is 13.2 Å². The Morgan fingerprint density at radius 3 is 2.53 bits per heavy atom. The van der Waals surface area contributed by atoms with Crippen molar-refractivity contribution >= 4 is 15.7 Å². The Morgan fingerprint density at radius 1 is 1.29 bits per heavy atom. The van der Waals surface area contributed by atoms with E-state index in [1.54, 1.807) is 0 Å². The molecule has 1 amide bonds. The lowest BCUT2D eigenvalue weighted by Crippen LogP contribution is -2.38. The van der Waals surface area contributed by atoms with Gasteiger partial charge in [-0.3, -0.25) is 4.79 Å². The van der Waals surface area contributed by atoms with E-state index in [-0.39, 0.29) is 11.7 Å². The normalized spacial score (nSPS) is 17.2. The highest BCUT2D eigenvalue weighted by atomic mass is 32.2. The highest BCUT2D eigenvalue weighted by molar-refractivity contribution is 7.90. The van der Waals surface area contributed by atoms with Gasteiger partial charge in [0, 0.05) is 18.8 Å². The van der Waals surface area contributed by atoms with Crippen molar-refractivity contribution in [1.29, 1.82) is 0 Å². The standard InChI is InChI=1S/C11H22N2O3S/c1-17(15,16)8-4-7-12-11(14)9-13-10-5-2-3-6-10/h10,13H,2-9H2,1H3,(H,12,14). The number of carbonyl (C=O) groups is 1. The zero-order chi connectivity index (χ0) is 12.7. The second kappa shape index (κ2) is 6.96. The summed E-state index contributed by atoms with van der Waals surface area (Å²) in [5.74, 6) is 0.0778. The molecule has 0 spiro atoms. The van der Waals surface area contributed by atoms with Crippen molar-refractivity contribution in [3.8, 4) is 0 Å². The van der Waals surface area contributed by atoms with Crippen molar-refractivity contribution in [2.45, 2.75) is 38.1 Å². The number of hydrogen-bond donors (Lipinski definition) is 2. The molecule has 0 saturated heterocycles. The fourth-order valence-corrected chi connectivity index (χ4v) is 2.66. The molecule has 0 aromatic rings. The first kappa shape index (κ1) is 14.4. The predicted octanol–water partition coefficient (Wildman–Crippen LogP) is 0.0695. The Bertz CT molecular complexity index is 335. The topological polar surface area (TPSA) is 75.3 Å². The molecule has 6 heteroatoms. The molecule has 1 saturated carbocycles. The third-order valence-electron chi connectivity index (χ3n) is 2.92. The summed E-state index contributed by atoms with van der Waals surface area (Å²) in [4.78, 5) is 11.4. The smallest absolute Gasteiger partial charge is 0.233 e. The molecule has 0 atom stereocenters. The second-order valence-electron chi connectivity index (χ2n) is 4.70. The average Bonchev–Trinajstić information content (AvgIpc) is 2.73. The molecular weight excluding hydrogens is 240 g/mol. The Morgan fingerprint density at radius 2 is 1.94 bits per heavy atom. The first-order valence-corrected chi connectivity index (χ1v) is 8.21. The van der Waals surface area contributed by atoms with Gasteiger partial charge in [0.25, 0.3) is 0 Å². The molecule has 2 N–H and O–H groups in total. The lowest BCUT2D eigenvalue weighted by molar-refractivity contribution is -0.120. The summed E-state index contributed by atoms with van der Waals surface area (Å²) in [6, 6.07) is 0.483. The molecule has 1 aliphatic rings. The fourth-order valence-electron chi connectivity index (χ4n) is 1.99. The van der Waals surface area contributed by atoms with Crippen molar-refractivity contribution < 1.29 is 13.2 Å². The fraction of sp³-hybridized carbons (Fsp3) is 0.909. The van der Waals surface area contributed by atoms with E-state index in [0.29, 0.717) is 25.6 Å². The maximum absolute atomic E-state index is 11.4. The molecule has 0 aromatic heterocycles. The van der Waals surface area contributed by atoms with Crippen LogP contribution in [0.3, 0.4) is 0 Å². The van der Waals surface area contributed by atoms with E-state index >= 15 is 0 Å². The molecule has 0 bridgehead atoms. The molecule has 1 rings (SSSR count). The van der Waals surface area contributed by atoms with Crippen molar-refractivity contribution in [3.63, 3.8) is 0 Å². The molecule has 100 valence electrons. The van der Waals surface area contributed by atoms with E-state index in [0.717, 1.165) is 12.8 Å². The van der Waals surface area contributed by atoms with Crippen molar-refractivity contribution in [1.82, 2.24) is 10.6 Å². The van der Waals surface area contributed by atoms with Crippen LogP contribution in [0.4, 0.5) is 0 Å². The average molecular weight is 262 g/mol. The monoisotopic (exact) mass is 262 g/mol. The van der Waals surface area contributed by atoms with Crippen LogP contribution in [0.15, 0.2) is 0 Å². The van der Waals surface area contributed by atoms with Gasteiger partial charge in [0.1, 0.15) is 9.84 Å². The van der Waals surface area contributed by atoms with Crippen LogP contribution >= 0.6 is 0 Å². The van der Waals surface area contributed by atoms with Gasteiger partial charge in [-0.05, 0) is 19.3 Å². The summed E-state index contributed by atoms with van der Waals surface area (Å²) in [5.41, 5.74) is 0. The molecule has 17 heavy (non-hydrogen) atoms. The van der Waals surface area contributed by atoms with Crippen LogP contribution in [-0.2, 0) is 14.6 Å².